The summed E-state index contributed by atoms with van der Waals surface area (Å²) in [5.41, 5.74) is 2.83. The van der Waals surface area contributed by atoms with Crippen molar-refractivity contribution in [2.75, 3.05) is 0 Å². The minimum atomic E-state index is -0.0107. The van der Waals surface area contributed by atoms with Gasteiger partial charge in [0.2, 0.25) is 0 Å². The molecule has 0 heterocycles. The molecule has 0 N–H and O–H groups in total. The second-order valence-corrected chi connectivity index (χ2v) is 7.56. The lowest BCUT2D eigenvalue weighted by Crippen LogP contribution is -2.44. The molecule has 0 radical (unpaired) electrons. The minimum Gasteiger partial charge on any atom is -0.489 e. The van der Waals surface area contributed by atoms with Crippen molar-refractivity contribution in [3.05, 3.63) is 65.7 Å². The topological polar surface area (TPSA) is 26.3 Å². The first-order chi connectivity index (χ1) is 11.7. The first kappa shape index (κ1) is 15.4. The van der Waals surface area contributed by atoms with Gasteiger partial charge in [-0.3, -0.25) is 0 Å². The predicted molar refractivity (Wildman–Crippen MR) is 95.1 cm³/mol. The van der Waals surface area contributed by atoms with Gasteiger partial charge >= 0.3 is 0 Å². The second kappa shape index (κ2) is 6.08. The average molecular weight is 320 g/mol. The molecule has 0 aliphatic heterocycles. The summed E-state index contributed by atoms with van der Waals surface area (Å²) in [7, 11) is 0. The zero-order valence-corrected chi connectivity index (χ0v) is 14.0. The lowest BCUT2D eigenvalue weighted by molar-refractivity contribution is -0.122. The Bertz CT molecular complexity index is 695. The van der Waals surface area contributed by atoms with Crippen molar-refractivity contribution in [3.8, 4) is 5.75 Å². The number of carbonyl (C=O) groups excluding carboxylic acids is 1. The van der Waals surface area contributed by atoms with Crippen LogP contribution in [0.1, 0.15) is 49.7 Å². The number of ether oxygens (including phenoxy) is 1. The van der Waals surface area contributed by atoms with E-state index in [-0.39, 0.29) is 10.8 Å². The molecule has 2 aromatic rings. The normalized spacial score (nSPS) is 28.5. The third-order valence-corrected chi connectivity index (χ3v) is 6.25. The second-order valence-electron chi connectivity index (χ2n) is 7.56. The first-order valence-corrected chi connectivity index (χ1v) is 8.97. The van der Waals surface area contributed by atoms with Crippen LogP contribution in [0, 0.1) is 5.41 Å². The Hall–Kier alpha value is -2.09. The summed E-state index contributed by atoms with van der Waals surface area (Å²) >= 11 is 0. The molecule has 2 heteroatoms. The third kappa shape index (κ3) is 2.75. The molecule has 0 amide bonds. The van der Waals surface area contributed by atoms with E-state index in [0.29, 0.717) is 6.61 Å². The zero-order valence-electron chi connectivity index (χ0n) is 14.0. The van der Waals surface area contributed by atoms with E-state index in [1.54, 1.807) is 0 Å². The monoisotopic (exact) mass is 320 g/mol. The predicted octanol–water partition coefficient (Wildman–Crippen LogP) is 5.06. The van der Waals surface area contributed by atoms with Gasteiger partial charge in [0.25, 0.3) is 0 Å². The largest absolute Gasteiger partial charge is 0.489 e. The van der Waals surface area contributed by atoms with E-state index in [1.807, 2.05) is 24.3 Å². The molecular weight excluding hydrogens is 296 g/mol. The van der Waals surface area contributed by atoms with Crippen LogP contribution in [0.15, 0.2) is 54.6 Å². The van der Waals surface area contributed by atoms with Gasteiger partial charge in [0.1, 0.15) is 18.6 Å². The Morgan fingerprint density at radius 2 is 1.58 bits per heavy atom. The van der Waals surface area contributed by atoms with Crippen LogP contribution in [0.3, 0.4) is 0 Å². The maximum atomic E-state index is 11.4. The Morgan fingerprint density at radius 3 is 2.25 bits per heavy atom. The van der Waals surface area contributed by atoms with E-state index in [1.165, 1.54) is 17.4 Å². The van der Waals surface area contributed by atoms with Crippen LogP contribution < -0.4 is 4.74 Å². The van der Waals surface area contributed by atoms with Gasteiger partial charge in [-0.15, -0.1) is 0 Å². The molecule has 3 aliphatic carbocycles. The van der Waals surface area contributed by atoms with E-state index in [2.05, 4.69) is 30.3 Å². The van der Waals surface area contributed by atoms with Crippen molar-refractivity contribution in [2.45, 2.75) is 50.5 Å². The smallest absolute Gasteiger partial charge is 0.126 e. The van der Waals surface area contributed by atoms with Crippen molar-refractivity contribution in [2.24, 2.45) is 5.41 Å². The van der Waals surface area contributed by atoms with Crippen LogP contribution in [0.5, 0.6) is 5.75 Å². The maximum absolute atomic E-state index is 11.4. The molecule has 0 spiro atoms. The van der Waals surface area contributed by atoms with Crippen molar-refractivity contribution in [3.63, 3.8) is 0 Å². The fraction of sp³-hybridized carbons (Fsp3) is 0.409. The highest BCUT2D eigenvalue weighted by molar-refractivity contribution is 5.60. The van der Waals surface area contributed by atoms with Crippen molar-refractivity contribution in [1.82, 2.24) is 0 Å². The molecule has 0 saturated heterocycles. The summed E-state index contributed by atoms with van der Waals surface area (Å²) in [5, 5.41) is 0. The number of aldehydes is 1. The standard InChI is InChI=1S/C22H24O2/c23-17-21-9-12-22(13-10-21,14-11-21)19-7-4-8-20(15-19)24-16-18-5-2-1-3-6-18/h1-8,15,17H,9-14,16H2. The molecule has 5 rings (SSSR count). The van der Waals surface area contributed by atoms with E-state index in [9.17, 15) is 4.79 Å². The van der Waals surface area contributed by atoms with E-state index < -0.39 is 0 Å². The van der Waals surface area contributed by atoms with Gasteiger partial charge in [-0.25, -0.2) is 0 Å². The summed E-state index contributed by atoms with van der Waals surface area (Å²) in [6.07, 6.45) is 7.77. The number of carbonyl (C=O) groups is 1. The number of hydrogen-bond donors (Lipinski definition) is 0. The van der Waals surface area contributed by atoms with Gasteiger partial charge in [0.05, 0.1) is 0 Å². The summed E-state index contributed by atoms with van der Waals surface area (Å²) in [6, 6.07) is 18.9. The molecule has 0 unspecified atom stereocenters. The van der Waals surface area contributed by atoms with Gasteiger partial charge in [0, 0.05) is 5.41 Å². The van der Waals surface area contributed by atoms with Crippen LogP contribution in [-0.4, -0.2) is 6.29 Å². The third-order valence-electron chi connectivity index (χ3n) is 6.25. The maximum Gasteiger partial charge on any atom is 0.126 e. The Morgan fingerprint density at radius 1 is 0.875 bits per heavy atom. The van der Waals surface area contributed by atoms with Gasteiger partial charge in [-0.2, -0.15) is 0 Å². The van der Waals surface area contributed by atoms with Crippen molar-refractivity contribution < 1.29 is 9.53 Å². The van der Waals surface area contributed by atoms with Gasteiger partial charge in [-0.1, -0.05) is 42.5 Å². The lowest BCUT2D eigenvalue weighted by Gasteiger charge is -2.51. The fourth-order valence-electron chi connectivity index (χ4n) is 4.48. The van der Waals surface area contributed by atoms with Crippen LogP contribution in [0.4, 0.5) is 0 Å². The summed E-state index contributed by atoms with van der Waals surface area (Å²) in [4.78, 5) is 11.4. The minimum absolute atomic E-state index is 0.0107. The molecule has 124 valence electrons. The molecule has 0 atom stereocenters. The number of fused-ring (bicyclic) bond motifs is 3. The number of rotatable bonds is 5. The van der Waals surface area contributed by atoms with E-state index in [0.717, 1.165) is 44.3 Å². The summed E-state index contributed by atoms with van der Waals surface area (Å²) < 4.78 is 6.01. The summed E-state index contributed by atoms with van der Waals surface area (Å²) in [5.74, 6) is 0.948. The van der Waals surface area contributed by atoms with Crippen LogP contribution in [-0.2, 0) is 16.8 Å². The Balaban J connectivity index is 1.50. The van der Waals surface area contributed by atoms with Crippen LogP contribution >= 0.6 is 0 Å². The molecular formula is C22H24O2. The van der Waals surface area contributed by atoms with E-state index >= 15 is 0 Å². The summed E-state index contributed by atoms with van der Waals surface area (Å²) in [6.45, 7) is 0.603. The molecule has 0 aromatic heterocycles. The quantitative estimate of drug-likeness (QED) is 0.720. The van der Waals surface area contributed by atoms with Crippen molar-refractivity contribution in [1.29, 1.82) is 0 Å². The average Bonchev–Trinajstić information content (AvgIpc) is 2.69. The molecule has 3 saturated carbocycles. The fourth-order valence-corrected chi connectivity index (χ4v) is 4.48. The highest BCUT2D eigenvalue weighted by Crippen LogP contribution is 2.57. The number of hydrogen-bond acceptors (Lipinski definition) is 2. The van der Waals surface area contributed by atoms with Gasteiger partial charge in [-0.05, 0) is 67.2 Å². The molecule has 3 aliphatic rings. The molecule has 3 fully saturated rings. The molecule has 2 bridgehead atoms. The van der Waals surface area contributed by atoms with Gasteiger partial charge in [0.15, 0.2) is 0 Å². The first-order valence-electron chi connectivity index (χ1n) is 8.97. The van der Waals surface area contributed by atoms with Gasteiger partial charge < -0.3 is 9.53 Å². The molecule has 2 nitrogen and oxygen atoms in total. The van der Waals surface area contributed by atoms with E-state index in [4.69, 9.17) is 4.74 Å². The zero-order chi connectivity index (χ0) is 16.5. The van der Waals surface area contributed by atoms with Crippen LogP contribution in [0.25, 0.3) is 0 Å². The number of benzene rings is 2. The Labute approximate surface area is 143 Å². The molecule has 24 heavy (non-hydrogen) atoms. The highest BCUT2D eigenvalue weighted by atomic mass is 16.5. The Kier molecular flexibility index (Phi) is 3.91. The SMILES string of the molecule is O=CC12CCC(c3cccc(OCc4ccccc4)c3)(CC1)CC2. The van der Waals surface area contributed by atoms with Crippen LogP contribution in [0.2, 0.25) is 0 Å². The lowest BCUT2D eigenvalue weighted by atomic mass is 9.52. The molecule has 2 aromatic carbocycles. The highest BCUT2D eigenvalue weighted by Gasteiger charge is 2.49. The van der Waals surface area contributed by atoms with Crippen molar-refractivity contribution >= 4 is 6.29 Å².